The number of nitrogens with one attached hydrogen (secondary N) is 3. The molecule has 0 aliphatic carbocycles. The largest absolute Gasteiger partial charge is 0.497 e. The van der Waals surface area contributed by atoms with E-state index >= 15 is 0 Å². The second-order valence-electron chi connectivity index (χ2n) is 7.08. The molecule has 30 heavy (non-hydrogen) atoms. The molecular formula is C22H27ClN4O3. The Bertz CT molecular complexity index is 867. The smallest absolute Gasteiger partial charge is 0.319 e. The molecule has 1 fully saturated rings. The van der Waals surface area contributed by atoms with Gasteiger partial charge in [-0.2, -0.15) is 0 Å². The zero-order valence-corrected chi connectivity index (χ0v) is 17.8. The van der Waals surface area contributed by atoms with Crippen LogP contribution in [0.15, 0.2) is 42.5 Å². The van der Waals surface area contributed by atoms with E-state index in [1.165, 1.54) is 19.3 Å². The minimum absolute atomic E-state index is 0.208. The molecule has 0 radical (unpaired) electrons. The lowest BCUT2D eigenvalue weighted by Gasteiger charge is -2.29. The monoisotopic (exact) mass is 430 g/mol. The molecule has 2 aromatic rings. The van der Waals surface area contributed by atoms with Gasteiger partial charge in [-0.05, 0) is 61.7 Å². The summed E-state index contributed by atoms with van der Waals surface area (Å²) in [5.74, 6) is 0.480. The van der Waals surface area contributed by atoms with Crippen LogP contribution in [0.2, 0.25) is 5.02 Å². The number of anilines is 2. The predicted molar refractivity (Wildman–Crippen MR) is 120 cm³/mol. The molecule has 7 nitrogen and oxygen atoms in total. The first-order valence-electron chi connectivity index (χ1n) is 10.1. The second kappa shape index (κ2) is 10.7. The zero-order valence-electron chi connectivity index (χ0n) is 17.0. The molecule has 3 N–H and O–H groups in total. The van der Waals surface area contributed by atoms with Crippen LogP contribution in [0, 0.1) is 0 Å². The summed E-state index contributed by atoms with van der Waals surface area (Å²) >= 11 is 6.42. The number of piperidine rings is 1. The van der Waals surface area contributed by atoms with Gasteiger partial charge in [-0.3, -0.25) is 4.79 Å². The van der Waals surface area contributed by atoms with Crippen molar-refractivity contribution in [1.82, 2.24) is 10.6 Å². The fourth-order valence-electron chi connectivity index (χ4n) is 3.35. The van der Waals surface area contributed by atoms with E-state index in [1.807, 2.05) is 12.1 Å². The van der Waals surface area contributed by atoms with Crippen LogP contribution in [0.1, 0.15) is 29.6 Å². The van der Waals surface area contributed by atoms with Crippen molar-refractivity contribution in [2.24, 2.45) is 0 Å². The number of carbonyl (C=O) groups excluding carboxylic acids is 2. The fourth-order valence-corrected chi connectivity index (χ4v) is 3.65. The number of halogens is 1. The number of carbonyl (C=O) groups is 2. The van der Waals surface area contributed by atoms with Crippen LogP contribution in [0.5, 0.6) is 5.75 Å². The molecule has 1 heterocycles. The molecule has 8 heteroatoms. The normalized spacial score (nSPS) is 13.5. The van der Waals surface area contributed by atoms with Crippen LogP contribution in [0.25, 0.3) is 0 Å². The van der Waals surface area contributed by atoms with Crippen molar-refractivity contribution in [2.75, 3.05) is 43.5 Å². The first-order chi connectivity index (χ1) is 14.6. The van der Waals surface area contributed by atoms with E-state index < -0.39 is 0 Å². The van der Waals surface area contributed by atoms with Crippen molar-refractivity contribution in [3.63, 3.8) is 0 Å². The van der Waals surface area contributed by atoms with E-state index in [-0.39, 0.29) is 11.9 Å². The third-order valence-corrected chi connectivity index (χ3v) is 5.25. The van der Waals surface area contributed by atoms with Crippen LogP contribution in [-0.4, -0.2) is 45.2 Å². The number of urea groups is 1. The summed E-state index contributed by atoms with van der Waals surface area (Å²) in [6, 6.07) is 12.0. The number of hydrogen-bond acceptors (Lipinski definition) is 4. The molecule has 0 aromatic heterocycles. The Labute approximate surface area is 181 Å². The van der Waals surface area contributed by atoms with Crippen LogP contribution < -0.4 is 25.6 Å². The Balaban J connectivity index is 1.41. The summed E-state index contributed by atoms with van der Waals surface area (Å²) in [6.45, 7) is 2.63. The van der Waals surface area contributed by atoms with Crippen molar-refractivity contribution in [3.8, 4) is 5.75 Å². The van der Waals surface area contributed by atoms with E-state index in [2.05, 4.69) is 20.9 Å². The summed E-state index contributed by atoms with van der Waals surface area (Å²) in [5.41, 5.74) is 2.16. The maximum atomic E-state index is 12.1. The lowest BCUT2D eigenvalue weighted by Crippen LogP contribution is -2.36. The third-order valence-electron chi connectivity index (χ3n) is 4.95. The Kier molecular flexibility index (Phi) is 7.79. The van der Waals surface area contributed by atoms with Crippen LogP contribution >= 0.6 is 11.6 Å². The predicted octanol–water partition coefficient (Wildman–Crippen LogP) is 3.89. The standard InChI is InChI=1S/C22H27ClN4O3/c1-30-18-8-5-16(6-9-18)21(28)24-11-12-25-22(29)26-17-7-10-20(19(23)15-17)27-13-3-2-4-14-27/h5-10,15H,2-4,11-14H2,1H3,(H,24,28)(H2,25,26,29). The average Bonchev–Trinajstić information content (AvgIpc) is 2.77. The topological polar surface area (TPSA) is 82.7 Å². The van der Waals surface area contributed by atoms with Gasteiger partial charge >= 0.3 is 6.03 Å². The van der Waals surface area contributed by atoms with Crippen LogP contribution in [0.4, 0.5) is 16.2 Å². The molecule has 1 aliphatic heterocycles. The molecule has 1 saturated heterocycles. The summed E-state index contributed by atoms with van der Waals surface area (Å²) in [5, 5.41) is 8.87. The molecule has 2 aromatic carbocycles. The zero-order chi connectivity index (χ0) is 21.3. The molecule has 0 spiro atoms. The van der Waals surface area contributed by atoms with E-state index in [0.717, 1.165) is 18.8 Å². The van der Waals surface area contributed by atoms with Gasteiger partial charge in [0.25, 0.3) is 5.91 Å². The minimum Gasteiger partial charge on any atom is -0.497 e. The van der Waals surface area contributed by atoms with Gasteiger partial charge in [-0.15, -0.1) is 0 Å². The molecule has 0 atom stereocenters. The number of nitrogens with zero attached hydrogens (tertiary/aromatic N) is 1. The van der Waals surface area contributed by atoms with E-state index in [1.54, 1.807) is 37.4 Å². The third kappa shape index (κ3) is 6.03. The van der Waals surface area contributed by atoms with Gasteiger partial charge in [0.1, 0.15) is 5.75 Å². The number of rotatable bonds is 7. The molecule has 0 unspecified atom stereocenters. The van der Waals surface area contributed by atoms with Gasteiger partial charge in [0, 0.05) is 37.4 Å². The van der Waals surface area contributed by atoms with Crippen molar-refractivity contribution in [3.05, 3.63) is 53.1 Å². The highest BCUT2D eigenvalue weighted by Crippen LogP contribution is 2.30. The van der Waals surface area contributed by atoms with Gasteiger partial charge in [0.05, 0.1) is 17.8 Å². The summed E-state index contributed by atoms with van der Waals surface area (Å²) in [4.78, 5) is 26.5. The fraction of sp³-hybridized carbons (Fsp3) is 0.364. The number of benzene rings is 2. The highest BCUT2D eigenvalue weighted by Gasteiger charge is 2.14. The van der Waals surface area contributed by atoms with Gasteiger partial charge < -0.3 is 25.6 Å². The second-order valence-corrected chi connectivity index (χ2v) is 7.49. The van der Waals surface area contributed by atoms with Gasteiger partial charge in [0.15, 0.2) is 0 Å². The minimum atomic E-state index is -0.351. The summed E-state index contributed by atoms with van der Waals surface area (Å²) in [6.07, 6.45) is 3.61. The van der Waals surface area contributed by atoms with Crippen LogP contribution in [0.3, 0.4) is 0 Å². The van der Waals surface area contributed by atoms with Gasteiger partial charge in [-0.1, -0.05) is 11.6 Å². The van der Waals surface area contributed by atoms with Crippen molar-refractivity contribution in [1.29, 1.82) is 0 Å². The first kappa shape index (κ1) is 21.8. The Morgan fingerprint density at radius 1 is 1.00 bits per heavy atom. The van der Waals surface area contributed by atoms with E-state index in [0.29, 0.717) is 35.1 Å². The molecule has 3 amide bonds. The number of hydrogen-bond donors (Lipinski definition) is 3. The van der Waals surface area contributed by atoms with Gasteiger partial charge in [0.2, 0.25) is 0 Å². The summed E-state index contributed by atoms with van der Waals surface area (Å²) in [7, 11) is 1.57. The van der Waals surface area contributed by atoms with Crippen molar-refractivity contribution >= 4 is 34.9 Å². The number of methoxy groups -OCH3 is 1. The highest BCUT2D eigenvalue weighted by molar-refractivity contribution is 6.33. The molecule has 0 bridgehead atoms. The molecule has 160 valence electrons. The summed E-state index contributed by atoms with van der Waals surface area (Å²) < 4.78 is 5.07. The maximum absolute atomic E-state index is 12.1. The Morgan fingerprint density at radius 2 is 1.70 bits per heavy atom. The molecule has 0 saturated carbocycles. The lowest BCUT2D eigenvalue weighted by atomic mass is 10.1. The highest BCUT2D eigenvalue weighted by atomic mass is 35.5. The van der Waals surface area contributed by atoms with Crippen molar-refractivity contribution in [2.45, 2.75) is 19.3 Å². The number of ether oxygens (including phenoxy) is 1. The number of amides is 3. The Hall–Kier alpha value is -2.93. The Morgan fingerprint density at radius 3 is 2.37 bits per heavy atom. The quantitative estimate of drug-likeness (QED) is 0.582. The van der Waals surface area contributed by atoms with E-state index in [4.69, 9.17) is 16.3 Å². The lowest BCUT2D eigenvalue weighted by molar-refractivity contribution is 0.0954. The molecule has 3 rings (SSSR count). The molecule has 1 aliphatic rings. The maximum Gasteiger partial charge on any atom is 0.319 e. The first-order valence-corrected chi connectivity index (χ1v) is 10.5. The van der Waals surface area contributed by atoms with Crippen molar-refractivity contribution < 1.29 is 14.3 Å². The van der Waals surface area contributed by atoms with Crippen LogP contribution in [-0.2, 0) is 0 Å². The van der Waals surface area contributed by atoms with Gasteiger partial charge in [-0.25, -0.2) is 4.79 Å². The average molecular weight is 431 g/mol. The van der Waals surface area contributed by atoms with E-state index in [9.17, 15) is 9.59 Å². The SMILES string of the molecule is COc1ccc(C(=O)NCCNC(=O)Nc2ccc(N3CCCCC3)c(Cl)c2)cc1. The molecular weight excluding hydrogens is 404 g/mol.